The number of nitrogens with one attached hydrogen (secondary N) is 4. The van der Waals surface area contributed by atoms with Crippen LogP contribution in [0.4, 0.5) is 4.79 Å². The normalized spacial score (nSPS) is 21.8. The fourth-order valence-corrected chi connectivity index (χ4v) is 6.84. The van der Waals surface area contributed by atoms with E-state index in [9.17, 15) is 24.0 Å². The maximum Gasteiger partial charge on any atom is 0.315 e. The van der Waals surface area contributed by atoms with Gasteiger partial charge in [-0.3, -0.25) is 24.6 Å². The Balaban J connectivity index is 1.72. The number of rotatable bonds is 12. The largest absolute Gasteiger partial charge is 0.363 e. The number of hydrogen-bond acceptors (Lipinski definition) is 7. The van der Waals surface area contributed by atoms with Crippen LogP contribution in [0.3, 0.4) is 0 Å². The number of Topliss-reactive ketones (excluding diaryl/α,β-unsaturated/α-hetero) is 1. The minimum atomic E-state index is -1.09. The van der Waals surface area contributed by atoms with Gasteiger partial charge in [-0.2, -0.15) is 0 Å². The first-order valence-electron chi connectivity index (χ1n) is 15.1. The second-order valence-electron chi connectivity index (χ2n) is 13.1. The average molecular weight is 605 g/mol. The SMILES string of the molecule is C=CSC(=N)CC1(NC(=O)NC(C(=O)N2CCCC2C(=O)NC(CC2CCC2)C(=O)C(N)=O)C(C)(C)C)CCCCC1. The zero-order chi connectivity index (χ0) is 31.1. The molecule has 6 N–H and O–H groups in total. The molecule has 2 aliphatic carbocycles. The number of likely N-dealkylation sites (tertiary alicyclic amines) is 1. The van der Waals surface area contributed by atoms with Gasteiger partial charge < -0.3 is 26.6 Å². The highest BCUT2D eigenvalue weighted by atomic mass is 32.2. The summed E-state index contributed by atoms with van der Waals surface area (Å²) < 4.78 is 0. The van der Waals surface area contributed by atoms with Crippen molar-refractivity contribution in [1.82, 2.24) is 20.9 Å². The van der Waals surface area contributed by atoms with E-state index in [1.54, 1.807) is 5.41 Å². The third-order valence-corrected chi connectivity index (χ3v) is 9.41. The molecule has 234 valence electrons. The second-order valence-corrected chi connectivity index (χ2v) is 14.2. The van der Waals surface area contributed by atoms with Crippen LogP contribution in [0.15, 0.2) is 12.0 Å². The van der Waals surface area contributed by atoms with Crippen molar-refractivity contribution >= 4 is 46.3 Å². The number of nitrogens with zero attached hydrogens (tertiary/aromatic N) is 1. The molecule has 0 aromatic carbocycles. The number of urea groups is 1. The van der Waals surface area contributed by atoms with Crippen LogP contribution in [-0.2, 0) is 19.2 Å². The van der Waals surface area contributed by atoms with E-state index in [0.717, 1.165) is 51.4 Å². The molecule has 0 aromatic rings. The van der Waals surface area contributed by atoms with Crippen molar-refractivity contribution in [2.45, 2.75) is 121 Å². The van der Waals surface area contributed by atoms with E-state index in [1.165, 1.54) is 16.7 Å². The van der Waals surface area contributed by atoms with Gasteiger partial charge in [-0.25, -0.2) is 4.79 Å². The number of carbonyl (C=O) groups excluding carboxylic acids is 5. The Labute approximate surface area is 253 Å². The summed E-state index contributed by atoms with van der Waals surface area (Å²) in [6, 6.07) is -3.23. The Bertz CT molecular complexity index is 1060. The zero-order valence-electron chi connectivity index (χ0n) is 25.3. The molecule has 0 bridgehead atoms. The average Bonchev–Trinajstić information content (AvgIpc) is 3.38. The van der Waals surface area contributed by atoms with E-state index in [2.05, 4.69) is 22.5 Å². The highest BCUT2D eigenvalue weighted by Crippen LogP contribution is 2.34. The molecule has 1 saturated heterocycles. The maximum absolute atomic E-state index is 14.0. The fraction of sp³-hybridized carbons (Fsp3) is 0.733. The van der Waals surface area contributed by atoms with Crippen LogP contribution >= 0.6 is 11.8 Å². The first-order chi connectivity index (χ1) is 19.8. The minimum Gasteiger partial charge on any atom is -0.363 e. The number of ketones is 1. The number of nitrogens with two attached hydrogens (primary N) is 1. The van der Waals surface area contributed by atoms with Gasteiger partial charge >= 0.3 is 6.03 Å². The molecule has 42 heavy (non-hydrogen) atoms. The van der Waals surface area contributed by atoms with Crippen LogP contribution in [0.5, 0.6) is 0 Å². The van der Waals surface area contributed by atoms with Gasteiger partial charge in [0.25, 0.3) is 5.91 Å². The van der Waals surface area contributed by atoms with E-state index < -0.39 is 52.7 Å². The van der Waals surface area contributed by atoms with Gasteiger partial charge in [-0.05, 0) is 48.8 Å². The van der Waals surface area contributed by atoms with Gasteiger partial charge in [0.15, 0.2) is 0 Å². The third-order valence-electron chi connectivity index (χ3n) is 8.81. The van der Waals surface area contributed by atoms with Gasteiger partial charge in [0.2, 0.25) is 17.6 Å². The summed E-state index contributed by atoms with van der Waals surface area (Å²) in [4.78, 5) is 66.4. The number of thioether (sulfide) groups is 1. The van der Waals surface area contributed by atoms with Crippen LogP contribution in [0.25, 0.3) is 0 Å². The van der Waals surface area contributed by atoms with Gasteiger partial charge in [-0.1, -0.05) is 77.6 Å². The summed E-state index contributed by atoms with van der Waals surface area (Å²) in [6.45, 7) is 9.59. The lowest BCUT2D eigenvalue weighted by atomic mass is 9.79. The lowest BCUT2D eigenvalue weighted by molar-refractivity contribution is -0.143. The molecule has 2 saturated carbocycles. The maximum atomic E-state index is 14.0. The number of carbonyl (C=O) groups is 5. The van der Waals surface area contributed by atoms with Crippen molar-refractivity contribution in [1.29, 1.82) is 5.41 Å². The first kappa shape index (κ1) is 33.6. The predicted molar refractivity (Wildman–Crippen MR) is 164 cm³/mol. The molecule has 0 radical (unpaired) electrons. The smallest absolute Gasteiger partial charge is 0.315 e. The Morgan fingerprint density at radius 2 is 1.71 bits per heavy atom. The standard InChI is InChI=1S/C30H48N6O5S/c1-5-42-22(31)18-30(14-7-6-8-15-30)35-28(41)34-24(29(2,3)4)27(40)36-16-10-13-21(36)26(39)33-20(23(37)25(32)38)17-19-11-9-12-19/h5,19-21,24,31H,1,6-18H2,2-4H3,(H2,32,38)(H,33,39)(H2,34,35,41). The van der Waals surface area contributed by atoms with Crippen molar-refractivity contribution in [3.63, 3.8) is 0 Å². The molecule has 1 heterocycles. The summed E-state index contributed by atoms with van der Waals surface area (Å²) in [5.74, 6) is -2.53. The Morgan fingerprint density at radius 1 is 1.05 bits per heavy atom. The van der Waals surface area contributed by atoms with Gasteiger partial charge in [-0.15, -0.1) is 0 Å². The van der Waals surface area contributed by atoms with Crippen LogP contribution in [-0.4, -0.2) is 69.7 Å². The van der Waals surface area contributed by atoms with Crippen molar-refractivity contribution in [2.75, 3.05) is 6.54 Å². The van der Waals surface area contributed by atoms with Crippen molar-refractivity contribution < 1.29 is 24.0 Å². The van der Waals surface area contributed by atoms with E-state index in [0.29, 0.717) is 37.3 Å². The molecule has 3 atom stereocenters. The third kappa shape index (κ3) is 8.81. The summed E-state index contributed by atoms with van der Waals surface area (Å²) in [5.41, 5.74) is 4.02. The molecular formula is C30H48N6O5S. The van der Waals surface area contributed by atoms with Gasteiger partial charge in [0, 0.05) is 18.5 Å². The first-order valence-corrected chi connectivity index (χ1v) is 16.0. The molecule has 0 spiro atoms. The van der Waals surface area contributed by atoms with E-state index >= 15 is 0 Å². The van der Waals surface area contributed by atoms with Crippen molar-refractivity contribution in [3.05, 3.63) is 12.0 Å². The minimum absolute atomic E-state index is 0.249. The second kappa shape index (κ2) is 14.5. The molecule has 3 fully saturated rings. The molecule has 12 heteroatoms. The van der Waals surface area contributed by atoms with Crippen LogP contribution in [0, 0.1) is 16.7 Å². The van der Waals surface area contributed by atoms with Gasteiger partial charge in [0.1, 0.15) is 12.1 Å². The van der Waals surface area contributed by atoms with Gasteiger partial charge in [0.05, 0.1) is 11.1 Å². The zero-order valence-corrected chi connectivity index (χ0v) is 26.1. The van der Waals surface area contributed by atoms with Crippen molar-refractivity contribution in [2.24, 2.45) is 17.1 Å². The molecule has 3 unspecified atom stereocenters. The molecule has 3 rings (SSSR count). The summed E-state index contributed by atoms with van der Waals surface area (Å²) in [5, 5.41) is 19.1. The Morgan fingerprint density at radius 3 is 2.26 bits per heavy atom. The highest BCUT2D eigenvalue weighted by molar-refractivity contribution is 8.16. The molecule has 5 amide bonds. The topological polar surface area (TPSA) is 175 Å². The lowest BCUT2D eigenvalue weighted by Gasteiger charge is -2.40. The summed E-state index contributed by atoms with van der Waals surface area (Å²) in [6.07, 6.45) is 9.11. The van der Waals surface area contributed by atoms with E-state index in [-0.39, 0.29) is 11.8 Å². The molecule has 11 nitrogen and oxygen atoms in total. The molecular weight excluding hydrogens is 556 g/mol. The number of amides is 5. The molecule has 1 aliphatic heterocycles. The quantitative estimate of drug-likeness (QED) is 0.130. The monoisotopic (exact) mass is 604 g/mol. The molecule has 3 aliphatic rings. The lowest BCUT2D eigenvalue weighted by Crippen LogP contribution is -2.62. The number of primary amides is 1. The Kier molecular flexibility index (Phi) is 11.6. The van der Waals surface area contributed by atoms with Crippen LogP contribution in [0.2, 0.25) is 0 Å². The number of hydrogen-bond donors (Lipinski definition) is 5. The highest BCUT2D eigenvalue weighted by Gasteiger charge is 2.44. The van der Waals surface area contributed by atoms with Crippen LogP contribution in [0.1, 0.15) is 97.8 Å². The fourth-order valence-electron chi connectivity index (χ4n) is 6.28. The van der Waals surface area contributed by atoms with Crippen LogP contribution < -0.4 is 21.7 Å². The predicted octanol–water partition coefficient (Wildman–Crippen LogP) is 3.37. The van der Waals surface area contributed by atoms with E-state index in [1.807, 2.05) is 20.8 Å². The molecule has 0 aromatic heterocycles. The van der Waals surface area contributed by atoms with Crippen molar-refractivity contribution in [3.8, 4) is 0 Å². The Hall–Kier alpha value is -2.89. The van der Waals surface area contributed by atoms with E-state index in [4.69, 9.17) is 11.1 Å². The summed E-state index contributed by atoms with van der Waals surface area (Å²) >= 11 is 1.24. The summed E-state index contributed by atoms with van der Waals surface area (Å²) in [7, 11) is 0.